The van der Waals surface area contributed by atoms with Gasteiger partial charge in [0.2, 0.25) is 5.91 Å². The molecule has 0 saturated heterocycles. The first-order valence-electron chi connectivity index (χ1n) is 9.60. The lowest BCUT2D eigenvalue weighted by atomic mass is 10.1. The number of rotatable bonds is 7. The molecule has 4 aromatic rings. The molecule has 1 amide bonds. The van der Waals surface area contributed by atoms with Crippen LogP contribution in [0, 0.1) is 12.7 Å². The van der Waals surface area contributed by atoms with Crippen molar-refractivity contribution in [1.29, 1.82) is 0 Å². The highest BCUT2D eigenvalue weighted by molar-refractivity contribution is 7.23. The highest BCUT2D eigenvalue weighted by Gasteiger charge is 2.14. The van der Waals surface area contributed by atoms with Gasteiger partial charge in [-0.05, 0) is 42.1 Å². The van der Waals surface area contributed by atoms with E-state index < -0.39 is 0 Å². The molecule has 0 aliphatic heterocycles. The summed E-state index contributed by atoms with van der Waals surface area (Å²) in [5, 5.41) is 10.2. The van der Waals surface area contributed by atoms with Crippen LogP contribution in [0.4, 0.5) is 4.39 Å². The van der Waals surface area contributed by atoms with Gasteiger partial charge < -0.3 is 5.32 Å². The van der Waals surface area contributed by atoms with Crippen LogP contribution >= 0.6 is 22.7 Å². The maximum atomic E-state index is 13.0. The van der Waals surface area contributed by atoms with Gasteiger partial charge in [-0.1, -0.05) is 18.2 Å². The molecule has 0 unspecified atom stereocenters. The summed E-state index contributed by atoms with van der Waals surface area (Å²) in [7, 11) is 0. The number of amides is 1. The molecule has 0 spiro atoms. The van der Waals surface area contributed by atoms with Gasteiger partial charge in [0.15, 0.2) is 0 Å². The predicted octanol–water partition coefficient (Wildman–Crippen LogP) is 3.90. The Labute approximate surface area is 186 Å². The van der Waals surface area contributed by atoms with Crippen molar-refractivity contribution in [3.05, 3.63) is 81.3 Å². The lowest BCUT2D eigenvalue weighted by Gasteiger charge is -2.08. The van der Waals surface area contributed by atoms with E-state index in [1.54, 1.807) is 40.9 Å². The second-order valence-corrected chi connectivity index (χ2v) is 8.79. The van der Waals surface area contributed by atoms with Gasteiger partial charge in [-0.2, -0.15) is 5.10 Å². The zero-order valence-electron chi connectivity index (χ0n) is 16.7. The van der Waals surface area contributed by atoms with Crippen molar-refractivity contribution in [2.24, 2.45) is 0 Å². The van der Waals surface area contributed by atoms with Crippen molar-refractivity contribution in [2.75, 3.05) is 6.54 Å². The minimum Gasteiger partial charge on any atom is -0.354 e. The number of thiophene rings is 1. The first-order chi connectivity index (χ1) is 15.0. The number of hydrogen-bond acceptors (Lipinski definition) is 6. The van der Waals surface area contributed by atoms with Gasteiger partial charge >= 0.3 is 0 Å². The summed E-state index contributed by atoms with van der Waals surface area (Å²) in [6, 6.07) is 13.0. The van der Waals surface area contributed by atoms with Crippen molar-refractivity contribution in [2.45, 2.75) is 19.9 Å². The topological polar surface area (TPSA) is 76.9 Å². The number of hydrogen-bond donors (Lipinski definition) is 1. The van der Waals surface area contributed by atoms with E-state index >= 15 is 0 Å². The largest absolute Gasteiger partial charge is 0.354 e. The van der Waals surface area contributed by atoms with Crippen LogP contribution in [-0.2, 0) is 17.8 Å². The zero-order valence-corrected chi connectivity index (χ0v) is 18.3. The van der Waals surface area contributed by atoms with Crippen LogP contribution in [-0.4, -0.2) is 27.2 Å². The fourth-order valence-electron chi connectivity index (χ4n) is 3.02. The quantitative estimate of drug-likeness (QED) is 0.460. The van der Waals surface area contributed by atoms with Crippen LogP contribution in [0.2, 0.25) is 0 Å². The first kappa shape index (κ1) is 21.1. The minimum atomic E-state index is -0.340. The van der Waals surface area contributed by atoms with Gasteiger partial charge in [0.1, 0.15) is 16.5 Å². The third-order valence-electron chi connectivity index (χ3n) is 4.55. The fourth-order valence-corrected chi connectivity index (χ4v) is 4.85. The summed E-state index contributed by atoms with van der Waals surface area (Å²) in [4.78, 5) is 31.0. The van der Waals surface area contributed by atoms with Crippen molar-refractivity contribution in [3.8, 4) is 20.5 Å². The predicted molar refractivity (Wildman–Crippen MR) is 121 cm³/mol. The Morgan fingerprint density at radius 2 is 1.97 bits per heavy atom. The summed E-state index contributed by atoms with van der Waals surface area (Å²) in [5.74, 6) is -0.539. The molecule has 0 radical (unpaired) electrons. The molecule has 0 saturated carbocycles. The molecule has 0 atom stereocenters. The SMILES string of the molecule is Cc1nc(-c2cccs2)sc1-c1ccc(=O)n(CCNC(=O)Cc2ccc(F)cc2)n1. The number of aromatic nitrogens is 3. The molecule has 6 nitrogen and oxygen atoms in total. The number of thiazole rings is 1. The summed E-state index contributed by atoms with van der Waals surface area (Å²) in [6.07, 6.45) is 0.147. The molecular weight excluding hydrogens is 435 g/mol. The van der Waals surface area contributed by atoms with E-state index in [-0.39, 0.29) is 36.8 Å². The Balaban J connectivity index is 1.42. The number of benzene rings is 1. The molecule has 0 fully saturated rings. The van der Waals surface area contributed by atoms with E-state index in [4.69, 9.17) is 0 Å². The minimum absolute atomic E-state index is 0.147. The summed E-state index contributed by atoms with van der Waals surface area (Å²) >= 11 is 3.17. The Morgan fingerprint density at radius 1 is 1.16 bits per heavy atom. The van der Waals surface area contributed by atoms with E-state index in [0.717, 1.165) is 26.0 Å². The van der Waals surface area contributed by atoms with Crippen LogP contribution in [0.25, 0.3) is 20.5 Å². The molecule has 158 valence electrons. The average Bonchev–Trinajstić information content (AvgIpc) is 3.41. The van der Waals surface area contributed by atoms with Gasteiger partial charge in [0, 0.05) is 12.6 Å². The number of carbonyl (C=O) groups is 1. The third-order valence-corrected chi connectivity index (χ3v) is 6.77. The maximum Gasteiger partial charge on any atom is 0.266 e. The third kappa shape index (κ3) is 5.12. The average molecular weight is 455 g/mol. The Bertz CT molecular complexity index is 1250. The number of nitrogens with one attached hydrogen (secondary N) is 1. The Hall–Kier alpha value is -3.17. The molecule has 1 aromatic carbocycles. The zero-order chi connectivity index (χ0) is 21.8. The number of nitrogens with zero attached hydrogens (tertiary/aromatic N) is 3. The molecule has 0 bridgehead atoms. The molecule has 0 aliphatic carbocycles. The molecule has 1 N–H and O–H groups in total. The van der Waals surface area contributed by atoms with Crippen LogP contribution in [0.3, 0.4) is 0 Å². The summed E-state index contributed by atoms with van der Waals surface area (Å²) in [5.41, 5.74) is 2.02. The molecule has 9 heteroatoms. The maximum absolute atomic E-state index is 13.0. The lowest BCUT2D eigenvalue weighted by Crippen LogP contribution is -2.32. The fraction of sp³-hybridized carbons (Fsp3) is 0.182. The highest BCUT2D eigenvalue weighted by Crippen LogP contribution is 2.35. The van der Waals surface area contributed by atoms with Gasteiger partial charge in [-0.3, -0.25) is 9.59 Å². The number of aryl methyl sites for hydroxylation is 1. The van der Waals surface area contributed by atoms with Crippen molar-refractivity contribution >= 4 is 28.6 Å². The van der Waals surface area contributed by atoms with E-state index in [2.05, 4.69) is 15.4 Å². The molecule has 0 aliphatic rings. The van der Waals surface area contributed by atoms with E-state index in [1.807, 2.05) is 24.4 Å². The standard InChI is InChI=1S/C22H19FN4O2S2/c1-14-21(31-22(25-14)18-3-2-12-30-18)17-8-9-20(29)27(26-17)11-10-24-19(28)13-15-4-6-16(23)7-5-15/h2-9,12H,10-11,13H2,1H3,(H,24,28). The van der Waals surface area contributed by atoms with E-state index in [1.165, 1.54) is 22.9 Å². The first-order valence-corrected chi connectivity index (χ1v) is 11.3. The van der Waals surface area contributed by atoms with E-state index in [0.29, 0.717) is 5.69 Å². The monoisotopic (exact) mass is 454 g/mol. The number of carbonyl (C=O) groups excluding carboxylic acids is 1. The second-order valence-electron chi connectivity index (χ2n) is 6.84. The van der Waals surface area contributed by atoms with Crippen molar-refractivity contribution in [1.82, 2.24) is 20.1 Å². The summed E-state index contributed by atoms with van der Waals surface area (Å²) in [6.45, 7) is 2.44. The second kappa shape index (κ2) is 9.32. The molecule has 31 heavy (non-hydrogen) atoms. The highest BCUT2D eigenvalue weighted by atomic mass is 32.1. The van der Waals surface area contributed by atoms with Crippen LogP contribution in [0.15, 0.2) is 58.7 Å². The van der Waals surface area contributed by atoms with Gasteiger partial charge in [0.05, 0.1) is 28.4 Å². The molecular formula is C22H19FN4O2S2. The van der Waals surface area contributed by atoms with E-state index in [9.17, 15) is 14.0 Å². The van der Waals surface area contributed by atoms with Crippen molar-refractivity contribution < 1.29 is 9.18 Å². The van der Waals surface area contributed by atoms with Crippen molar-refractivity contribution in [3.63, 3.8) is 0 Å². The number of halogens is 1. The molecule has 4 rings (SSSR count). The molecule has 3 aromatic heterocycles. The van der Waals surface area contributed by atoms with Crippen LogP contribution < -0.4 is 10.9 Å². The lowest BCUT2D eigenvalue weighted by molar-refractivity contribution is -0.120. The van der Waals surface area contributed by atoms with Crippen LogP contribution in [0.1, 0.15) is 11.3 Å². The van der Waals surface area contributed by atoms with Gasteiger partial charge in [-0.25, -0.2) is 14.1 Å². The molecule has 3 heterocycles. The Morgan fingerprint density at radius 3 is 2.71 bits per heavy atom. The normalized spacial score (nSPS) is 10.9. The Kier molecular flexibility index (Phi) is 6.34. The smallest absolute Gasteiger partial charge is 0.266 e. The van der Waals surface area contributed by atoms with Gasteiger partial charge in [-0.15, -0.1) is 22.7 Å². The van der Waals surface area contributed by atoms with Gasteiger partial charge in [0.25, 0.3) is 5.56 Å². The summed E-state index contributed by atoms with van der Waals surface area (Å²) < 4.78 is 14.3. The van der Waals surface area contributed by atoms with Crippen LogP contribution in [0.5, 0.6) is 0 Å².